The van der Waals surface area contributed by atoms with Gasteiger partial charge in [0.05, 0.1) is 0 Å². The molecule has 70 valence electrons. The molecule has 4 heteroatoms. The Morgan fingerprint density at radius 3 is 2.31 bits per heavy atom. The van der Waals surface area contributed by atoms with Crippen LogP contribution in [0.3, 0.4) is 0 Å². The van der Waals surface area contributed by atoms with Gasteiger partial charge in [-0.1, -0.05) is 0 Å². The molecule has 0 spiro atoms. The van der Waals surface area contributed by atoms with Crippen LogP contribution in [0.1, 0.15) is 13.8 Å². The minimum absolute atomic E-state index is 0.289. The maximum atomic E-state index is 11.0. The van der Waals surface area contributed by atoms with E-state index in [1.54, 1.807) is 6.20 Å². The zero-order valence-corrected chi connectivity index (χ0v) is 7.65. The molecule has 1 N–H and O–H groups in total. The van der Waals surface area contributed by atoms with Gasteiger partial charge in [-0.3, -0.25) is 9.59 Å². The van der Waals surface area contributed by atoms with E-state index >= 15 is 0 Å². The van der Waals surface area contributed by atoms with E-state index in [2.05, 4.69) is 5.32 Å². The molecule has 0 radical (unpaired) electrons. The topological polar surface area (TPSA) is 49.4 Å². The lowest BCUT2D eigenvalue weighted by Gasteiger charge is -2.08. The molecule has 0 atom stereocenters. The van der Waals surface area contributed by atoms with E-state index in [4.69, 9.17) is 0 Å². The second-order valence-electron chi connectivity index (χ2n) is 3.02. The molecule has 0 saturated carbocycles. The standard InChI is InChI=1S/C9H12N2O2/c1-7(2)10-5-6-11-8(12)3-4-9(11)13/h3-7,10H,1-2H3. The third kappa shape index (κ3) is 2.43. The van der Waals surface area contributed by atoms with Gasteiger partial charge >= 0.3 is 0 Å². The van der Waals surface area contributed by atoms with Gasteiger partial charge in [-0.2, -0.15) is 0 Å². The van der Waals surface area contributed by atoms with Crippen LogP contribution in [-0.4, -0.2) is 22.8 Å². The molecular formula is C9H12N2O2. The Morgan fingerprint density at radius 1 is 1.31 bits per heavy atom. The summed E-state index contributed by atoms with van der Waals surface area (Å²) in [7, 11) is 0. The van der Waals surface area contributed by atoms with Crippen LogP contribution < -0.4 is 5.32 Å². The first-order valence-corrected chi connectivity index (χ1v) is 4.09. The van der Waals surface area contributed by atoms with E-state index in [1.807, 2.05) is 13.8 Å². The Balaban J connectivity index is 2.50. The average molecular weight is 180 g/mol. The molecule has 1 aliphatic rings. The fourth-order valence-electron chi connectivity index (χ4n) is 0.869. The molecule has 0 aromatic heterocycles. The molecule has 1 rings (SSSR count). The largest absolute Gasteiger partial charge is 0.388 e. The van der Waals surface area contributed by atoms with E-state index in [9.17, 15) is 9.59 Å². The maximum absolute atomic E-state index is 11.0. The van der Waals surface area contributed by atoms with Crippen LogP contribution in [0.5, 0.6) is 0 Å². The molecule has 0 saturated heterocycles. The lowest BCUT2D eigenvalue weighted by atomic mass is 10.4. The monoisotopic (exact) mass is 180 g/mol. The highest BCUT2D eigenvalue weighted by Gasteiger charge is 2.20. The normalized spacial score (nSPS) is 16.7. The number of rotatable bonds is 3. The van der Waals surface area contributed by atoms with Gasteiger partial charge in [0.1, 0.15) is 0 Å². The SMILES string of the molecule is CC(C)NC=CN1C(=O)C=CC1=O. The van der Waals surface area contributed by atoms with Crippen molar-refractivity contribution in [1.29, 1.82) is 0 Å². The molecule has 0 fully saturated rings. The first-order valence-electron chi connectivity index (χ1n) is 4.09. The number of carbonyl (C=O) groups is 2. The summed E-state index contributed by atoms with van der Waals surface area (Å²) in [6.45, 7) is 3.94. The minimum atomic E-state index is -0.299. The average Bonchev–Trinajstić information content (AvgIpc) is 2.34. The number of hydrogen-bond acceptors (Lipinski definition) is 3. The number of nitrogens with one attached hydrogen (secondary N) is 1. The minimum Gasteiger partial charge on any atom is -0.388 e. The Bertz CT molecular complexity index is 261. The van der Waals surface area contributed by atoms with Crippen molar-refractivity contribution in [3.63, 3.8) is 0 Å². The predicted molar refractivity (Wildman–Crippen MR) is 48.4 cm³/mol. The van der Waals surface area contributed by atoms with Gasteiger partial charge < -0.3 is 5.32 Å². The van der Waals surface area contributed by atoms with Gasteiger partial charge in [-0.25, -0.2) is 4.90 Å². The number of carbonyl (C=O) groups excluding carboxylic acids is 2. The molecule has 0 aromatic carbocycles. The zero-order chi connectivity index (χ0) is 9.84. The molecule has 1 aliphatic heterocycles. The number of hydrogen-bond donors (Lipinski definition) is 1. The Labute approximate surface area is 76.9 Å². The lowest BCUT2D eigenvalue weighted by molar-refractivity contribution is -0.133. The Hall–Kier alpha value is -1.58. The van der Waals surface area contributed by atoms with Gasteiger partial charge in [-0.05, 0) is 13.8 Å². The molecule has 4 nitrogen and oxygen atoms in total. The fraction of sp³-hybridized carbons (Fsp3) is 0.333. The molecule has 0 unspecified atom stereocenters. The maximum Gasteiger partial charge on any atom is 0.257 e. The lowest BCUT2D eigenvalue weighted by Crippen LogP contribution is -2.25. The molecule has 1 heterocycles. The van der Waals surface area contributed by atoms with Crippen LogP contribution in [0.4, 0.5) is 0 Å². The van der Waals surface area contributed by atoms with E-state index in [1.165, 1.54) is 18.4 Å². The van der Waals surface area contributed by atoms with Crippen LogP contribution >= 0.6 is 0 Å². The molecule has 2 amide bonds. The zero-order valence-electron chi connectivity index (χ0n) is 7.65. The molecule has 0 aliphatic carbocycles. The smallest absolute Gasteiger partial charge is 0.257 e. The van der Waals surface area contributed by atoms with Crippen molar-refractivity contribution in [2.75, 3.05) is 0 Å². The van der Waals surface area contributed by atoms with E-state index in [0.717, 1.165) is 4.90 Å². The summed E-state index contributed by atoms with van der Waals surface area (Å²) in [5.41, 5.74) is 0. The third-order valence-electron chi connectivity index (χ3n) is 1.50. The first-order chi connectivity index (χ1) is 6.11. The summed E-state index contributed by atoms with van der Waals surface area (Å²) < 4.78 is 0. The van der Waals surface area contributed by atoms with Crippen molar-refractivity contribution in [2.24, 2.45) is 0 Å². The Morgan fingerprint density at radius 2 is 1.85 bits per heavy atom. The van der Waals surface area contributed by atoms with E-state index < -0.39 is 0 Å². The van der Waals surface area contributed by atoms with Crippen molar-refractivity contribution in [2.45, 2.75) is 19.9 Å². The quantitative estimate of drug-likeness (QED) is 0.639. The summed E-state index contributed by atoms with van der Waals surface area (Å²) >= 11 is 0. The summed E-state index contributed by atoms with van der Waals surface area (Å²) in [6, 6.07) is 0.289. The number of imide groups is 1. The highest BCUT2D eigenvalue weighted by molar-refractivity contribution is 6.13. The van der Waals surface area contributed by atoms with Crippen LogP contribution in [0.2, 0.25) is 0 Å². The van der Waals surface area contributed by atoms with Gasteiger partial charge in [-0.15, -0.1) is 0 Å². The summed E-state index contributed by atoms with van der Waals surface area (Å²) in [5.74, 6) is -0.599. The van der Waals surface area contributed by atoms with Crippen molar-refractivity contribution >= 4 is 11.8 Å². The number of nitrogens with zero attached hydrogens (tertiary/aromatic N) is 1. The highest BCUT2D eigenvalue weighted by atomic mass is 16.2. The van der Waals surface area contributed by atoms with Crippen LogP contribution in [0, 0.1) is 0 Å². The van der Waals surface area contributed by atoms with Crippen molar-refractivity contribution in [1.82, 2.24) is 10.2 Å². The predicted octanol–water partition coefficient (Wildman–Crippen LogP) is 0.381. The molecule has 13 heavy (non-hydrogen) atoms. The summed E-state index contributed by atoms with van der Waals surface area (Å²) in [4.78, 5) is 23.1. The van der Waals surface area contributed by atoms with E-state index in [-0.39, 0.29) is 17.9 Å². The van der Waals surface area contributed by atoms with Crippen LogP contribution in [0.25, 0.3) is 0 Å². The van der Waals surface area contributed by atoms with Gasteiger partial charge in [0.25, 0.3) is 11.8 Å². The van der Waals surface area contributed by atoms with Crippen molar-refractivity contribution in [3.8, 4) is 0 Å². The number of amides is 2. The molecule has 0 aromatic rings. The summed E-state index contributed by atoms with van der Waals surface area (Å²) in [5, 5.41) is 2.96. The fourth-order valence-corrected chi connectivity index (χ4v) is 0.869. The van der Waals surface area contributed by atoms with Gasteiger partial charge in [0.2, 0.25) is 0 Å². The molecular weight excluding hydrogens is 168 g/mol. The second-order valence-corrected chi connectivity index (χ2v) is 3.02. The van der Waals surface area contributed by atoms with Crippen molar-refractivity contribution in [3.05, 3.63) is 24.6 Å². The summed E-state index contributed by atoms with van der Waals surface area (Å²) in [6.07, 6.45) is 5.53. The van der Waals surface area contributed by atoms with Crippen LogP contribution in [0.15, 0.2) is 24.6 Å². The second kappa shape index (κ2) is 3.89. The van der Waals surface area contributed by atoms with Gasteiger partial charge in [0, 0.05) is 30.6 Å². The first kappa shape index (κ1) is 9.51. The Kier molecular flexibility index (Phi) is 2.84. The van der Waals surface area contributed by atoms with Crippen LogP contribution in [-0.2, 0) is 9.59 Å². The van der Waals surface area contributed by atoms with Crippen molar-refractivity contribution < 1.29 is 9.59 Å². The highest BCUT2D eigenvalue weighted by Crippen LogP contribution is 2.02. The molecule has 0 bridgehead atoms. The third-order valence-corrected chi connectivity index (χ3v) is 1.50. The van der Waals surface area contributed by atoms with Gasteiger partial charge in [0.15, 0.2) is 0 Å². The van der Waals surface area contributed by atoms with E-state index in [0.29, 0.717) is 0 Å².